The first-order valence-electron chi connectivity index (χ1n) is 6.33. The van der Waals surface area contributed by atoms with Crippen LogP contribution < -0.4 is 4.74 Å². The van der Waals surface area contributed by atoms with Gasteiger partial charge in [0, 0.05) is 12.8 Å². The average molecular weight is 269 g/mol. The fraction of sp³-hybridized carbons (Fsp3) is 0.250. The Morgan fingerprint density at radius 1 is 1.35 bits per heavy atom. The molecule has 0 amide bonds. The number of methoxy groups -OCH3 is 1. The van der Waals surface area contributed by atoms with Crippen LogP contribution in [0, 0.1) is 11.3 Å². The van der Waals surface area contributed by atoms with Crippen LogP contribution in [0.5, 0.6) is 5.75 Å². The molecule has 0 saturated carbocycles. The Balaban J connectivity index is 2.03. The quantitative estimate of drug-likeness (QED) is 0.808. The fourth-order valence-corrected chi connectivity index (χ4v) is 1.97. The molecule has 0 aliphatic carbocycles. The Bertz CT molecular complexity index is 594. The number of Topliss-reactive ketones (excluding diaryl/α,β-unsaturated/α-hetero) is 1. The second-order valence-electron chi connectivity index (χ2n) is 4.38. The van der Waals surface area contributed by atoms with Crippen LogP contribution in [0.3, 0.4) is 0 Å². The Morgan fingerprint density at radius 3 is 2.65 bits per heavy atom. The van der Waals surface area contributed by atoms with Crippen molar-refractivity contribution in [2.75, 3.05) is 7.11 Å². The van der Waals surface area contributed by atoms with E-state index in [0.29, 0.717) is 17.7 Å². The van der Waals surface area contributed by atoms with Crippen LogP contribution in [0.1, 0.15) is 23.7 Å². The lowest BCUT2D eigenvalue weighted by molar-refractivity contribution is -0.119. The van der Waals surface area contributed by atoms with Crippen LogP contribution >= 0.6 is 0 Å². The van der Waals surface area contributed by atoms with Crippen LogP contribution in [0.25, 0.3) is 0 Å². The number of ether oxygens (including phenoxy) is 1. The van der Waals surface area contributed by atoms with Gasteiger partial charge in [0.05, 0.1) is 19.4 Å². The van der Waals surface area contributed by atoms with Gasteiger partial charge in [-0.25, -0.2) is 0 Å². The minimum atomic E-state index is -0.740. The normalized spacial score (nSPS) is 11.6. The number of benzene rings is 1. The molecule has 1 atom stereocenters. The fourth-order valence-electron chi connectivity index (χ4n) is 1.97. The summed E-state index contributed by atoms with van der Waals surface area (Å²) in [4.78, 5) is 12.1. The topological polar surface area (TPSA) is 63.2 Å². The van der Waals surface area contributed by atoms with Gasteiger partial charge in [-0.2, -0.15) is 5.26 Å². The molecule has 0 spiro atoms. The van der Waals surface area contributed by atoms with E-state index in [4.69, 9.17) is 9.15 Å². The highest BCUT2D eigenvalue weighted by atomic mass is 16.5. The van der Waals surface area contributed by atoms with Crippen LogP contribution in [0.15, 0.2) is 47.1 Å². The monoisotopic (exact) mass is 269 g/mol. The maximum Gasteiger partial charge on any atom is 0.154 e. The molecule has 1 aromatic carbocycles. The molecular weight excluding hydrogens is 254 g/mol. The van der Waals surface area contributed by atoms with Crippen molar-refractivity contribution in [3.05, 3.63) is 54.0 Å². The number of hydrogen-bond acceptors (Lipinski definition) is 4. The minimum absolute atomic E-state index is 0.103. The molecule has 0 radical (unpaired) electrons. The molecule has 0 N–H and O–H groups in total. The van der Waals surface area contributed by atoms with Crippen LogP contribution in [0.4, 0.5) is 0 Å². The molecule has 20 heavy (non-hydrogen) atoms. The van der Waals surface area contributed by atoms with E-state index in [-0.39, 0.29) is 12.2 Å². The van der Waals surface area contributed by atoms with Gasteiger partial charge in [-0.15, -0.1) is 0 Å². The molecule has 1 unspecified atom stereocenters. The summed E-state index contributed by atoms with van der Waals surface area (Å²) in [6.45, 7) is 0. The van der Waals surface area contributed by atoms with Gasteiger partial charge in [0.15, 0.2) is 5.78 Å². The van der Waals surface area contributed by atoms with Gasteiger partial charge in [0.1, 0.15) is 17.4 Å². The number of nitrogens with zero attached hydrogens (tertiary/aromatic N) is 1. The van der Waals surface area contributed by atoms with E-state index >= 15 is 0 Å². The van der Waals surface area contributed by atoms with Crippen molar-refractivity contribution in [3.63, 3.8) is 0 Å². The number of aryl methyl sites for hydroxylation is 1. The lowest BCUT2D eigenvalue weighted by Crippen LogP contribution is -2.11. The third-order valence-corrected chi connectivity index (χ3v) is 3.10. The number of furan rings is 1. The largest absolute Gasteiger partial charge is 0.497 e. The van der Waals surface area contributed by atoms with Crippen molar-refractivity contribution in [1.29, 1.82) is 5.26 Å². The first-order valence-corrected chi connectivity index (χ1v) is 6.33. The molecule has 0 fully saturated rings. The highest BCUT2D eigenvalue weighted by Crippen LogP contribution is 2.21. The summed E-state index contributed by atoms with van der Waals surface area (Å²) in [7, 11) is 1.57. The van der Waals surface area contributed by atoms with Gasteiger partial charge in [0.25, 0.3) is 0 Å². The summed E-state index contributed by atoms with van der Waals surface area (Å²) in [6.07, 6.45) is 2.38. The Labute approximate surface area is 117 Å². The van der Waals surface area contributed by atoms with Gasteiger partial charge in [-0.1, -0.05) is 12.1 Å². The summed E-state index contributed by atoms with van der Waals surface area (Å²) in [5, 5.41) is 9.21. The van der Waals surface area contributed by atoms with Gasteiger partial charge in [0.2, 0.25) is 0 Å². The molecule has 0 aliphatic heterocycles. The molecule has 0 bridgehead atoms. The standard InChI is InChI=1S/C16H15NO3/c1-19-13-6-4-12(5-7-13)15(11-17)16(18)9-8-14-3-2-10-20-14/h2-7,10,15H,8-9H2,1H3. The molecular formula is C16H15NO3. The lowest BCUT2D eigenvalue weighted by Gasteiger charge is -2.09. The summed E-state index contributed by atoms with van der Waals surface area (Å²) in [6, 6.07) is 12.7. The van der Waals surface area contributed by atoms with E-state index in [1.807, 2.05) is 6.07 Å². The molecule has 102 valence electrons. The van der Waals surface area contributed by atoms with E-state index in [2.05, 4.69) is 6.07 Å². The highest BCUT2D eigenvalue weighted by Gasteiger charge is 2.20. The van der Waals surface area contributed by atoms with E-state index < -0.39 is 5.92 Å². The zero-order chi connectivity index (χ0) is 14.4. The summed E-state index contributed by atoms with van der Waals surface area (Å²) in [5.74, 6) is 0.614. The smallest absolute Gasteiger partial charge is 0.154 e. The van der Waals surface area contributed by atoms with E-state index in [1.54, 1.807) is 43.7 Å². The van der Waals surface area contributed by atoms with Gasteiger partial charge in [-0.05, 0) is 29.8 Å². The van der Waals surface area contributed by atoms with Crippen molar-refractivity contribution in [1.82, 2.24) is 0 Å². The molecule has 1 aromatic heterocycles. The summed E-state index contributed by atoms with van der Waals surface area (Å²) < 4.78 is 10.2. The second-order valence-corrected chi connectivity index (χ2v) is 4.38. The molecule has 1 heterocycles. The summed E-state index contributed by atoms with van der Waals surface area (Å²) in [5.41, 5.74) is 0.692. The van der Waals surface area contributed by atoms with Gasteiger partial charge in [-0.3, -0.25) is 4.79 Å². The predicted molar refractivity (Wildman–Crippen MR) is 73.4 cm³/mol. The van der Waals surface area contributed by atoms with Crippen molar-refractivity contribution in [2.24, 2.45) is 0 Å². The van der Waals surface area contributed by atoms with Crippen molar-refractivity contribution in [2.45, 2.75) is 18.8 Å². The van der Waals surface area contributed by atoms with Gasteiger partial charge >= 0.3 is 0 Å². The third kappa shape index (κ3) is 3.27. The molecule has 2 rings (SSSR count). The SMILES string of the molecule is COc1ccc(C(C#N)C(=O)CCc2ccco2)cc1. The van der Waals surface area contributed by atoms with E-state index in [1.165, 1.54) is 0 Å². The molecule has 2 aromatic rings. The third-order valence-electron chi connectivity index (χ3n) is 3.10. The number of ketones is 1. The number of hydrogen-bond donors (Lipinski definition) is 0. The number of carbonyl (C=O) groups excluding carboxylic acids is 1. The maximum absolute atomic E-state index is 12.1. The van der Waals surface area contributed by atoms with Crippen molar-refractivity contribution >= 4 is 5.78 Å². The predicted octanol–water partition coefficient (Wildman–Crippen LogP) is 3.10. The molecule has 0 aliphatic rings. The summed E-state index contributed by atoms with van der Waals surface area (Å²) >= 11 is 0. The first kappa shape index (κ1) is 13.9. The highest BCUT2D eigenvalue weighted by molar-refractivity contribution is 5.88. The average Bonchev–Trinajstić information content (AvgIpc) is 3.00. The number of nitriles is 1. The molecule has 4 heteroatoms. The van der Waals surface area contributed by atoms with Crippen LogP contribution in [-0.4, -0.2) is 12.9 Å². The lowest BCUT2D eigenvalue weighted by atomic mass is 9.93. The molecule has 0 saturated heterocycles. The Kier molecular flexibility index (Phi) is 4.56. The maximum atomic E-state index is 12.1. The van der Waals surface area contributed by atoms with Crippen molar-refractivity contribution in [3.8, 4) is 11.8 Å². The number of carbonyl (C=O) groups is 1. The van der Waals surface area contributed by atoms with E-state index in [9.17, 15) is 10.1 Å². The second kappa shape index (κ2) is 6.58. The molecule has 4 nitrogen and oxygen atoms in total. The van der Waals surface area contributed by atoms with Crippen LogP contribution in [-0.2, 0) is 11.2 Å². The van der Waals surface area contributed by atoms with Crippen LogP contribution in [0.2, 0.25) is 0 Å². The zero-order valence-corrected chi connectivity index (χ0v) is 11.2. The Morgan fingerprint density at radius 2 is 2.10 bits per heavy atom. The van der Waals surface area contributed by atoms with E-state index in [0.717, 1.165) is 5.76 Å². The minimum Gasteiger partial charge on any atom is -0.497 e. The number of rotatable bonds is 6. The van der Waals surface area contributed by atoms with Gasteiger partial charge < -0.3 is 9.15 Å². The first-order chi connectivity index (χ1) is 9.74. The van der Waals surface area contributed by atoms with Crippen molar-refractivity contribution < 1.29 is 13.9 Å². The Hall–Kier alpha value is -2.54. The zero-order valence-electron chi connectivity index (χ0n) is 11.2.